The summed E-state index contributed by atoms with van der Waals surface area (Å²) in [4.78, 5) is 11.9. The van der Waals surface area contributed by atoms with E-state index in [-0.39, 0.29) is 84.5 Å². The number of piperidine rings is 2. The second-order valence-corrected chi connectivity index (χ2v) is 23.6. The van der Waals surface area contributed by atoms with Crippen LogP contribution in [0.4, 0.5) is 0 Å². The number of ether oxygens (including phenoxy) is 3. The van der Waals surface area contributed by atoms with Crippen LogP contribution >= 0.6 is 0 Å². The first-order chi connectivity index (χ1) is 30.3. The van der Waals surface area contributed by atoms with Crippen LogP contribution < -0.4 is 4.74 Å². The third-order valence-corrected chi connectivity index (χ3v) is 19.6. The summed E-state index contributed by atoms with van der Waals surface area (Å²) in [6.45, 7) is 4.17. The lowest BCUT2D eigenvalue weighted by Crippen LogP contribution is -2.59. The van der Waals surface area contributed by atoms with E-state index in [0.717, 1.165) is 5.56 Å². The summed E-state index contributed by atoms with van der Waals surface area (Å²) in [6, 6.07) is 24.5. The van der Waals surface area contributed by atoms with Gasteiger partial charge in [0.2, 0.25) is 40.1 Å². The smallest absolute Gasteiger partial charge is 0.245 e. The minimum atomic E-state index is -3.91. The Bertz CT molecular complexity index is 2780. The van der Waals surface area contributed by atoms with Crippen molar-refractivity contribution in [3.8, 4) is 5.75 Å². The zero-order chi connectivity index (χ0) is 46.1. The molecule has 0 bridgehead atoms. The molecule has 0 amide bonds. The van der Waals surface area contributed by atoms with Gasteiger partial charge < -0.3 is 19.3 Å². The molecular formula is C43H52N4O13S4. The molecule has 346 valence electrons. The molecule has 64 heavy (non-hydrogen) atoms. The van der Waals surface area contributed by atoms with Crippen LogP contribution in [-0.4, -0.2) is 133 Å². The molecule has 2 spiro atoms. The van der Waals surface area contributed by atoms with Gasteiger partial charge >= 0.3 is 0 Å². The van der Waals surface area contributed by atoms with Gasteiger partial charge in [0, 0.05) is 31.7 Å². The van der Waals surface area contributed by atoms with Gasteiger partial charge in [-0.05, 0) is 106 Å². The van der Waals surface area contributed by atoms with Crippen LogP contribution in [0.3, 0.4) is 0 Å². The Morgan fingerprint density at radius 1 is 0.594 bits per heavy atom. The first kappa shape index (κ1) is 47.8. The quantitative estimate of drug-likeness (QED) is 0.212. The van der Waals surface area contributed by atoms with Crippen LogP contribution in [0.5, 0.6) is 5.75 Å². The second kappa shape index (κ2) is 18.6. The highest BCUT2D eigenvalue weighted by Crippen LogP contribution is 2.40. The molecule has 4 fully saturated rings. The number of aliphatic hydroxyl groups is 1. The van der Waals surface area contributed by atoms with Gasteiger partial charge in [-0.25, -0.2) is 33.7 Å². The van der Waals surface area contributed by atoms with Crippen molar-refractivity contribution >= 4 is 45.9 Å². The van der Waals surface area contributed by atoms with Gasteiger partial charge in [-0.2, -0.15) is 17.2 Å². The summed E-state index contributed by atoms with van der Waals surface area (Å²) in [5.41, 5.74) is -0.519. The summed E-state index contributed by atoms with van der Waals surface area (Å²) in [5.74, 6) is 0.390. The highest BCUT2D eigenvalue weighted by atomic mass is 32.2. The second-order valence-electron chi connectivity index (χ2n) is 16.0. The number of hydrogen-bond acceptors (Lipinski definition) is 13. The monoisotopic (exact) mass is 960 g/mol. The normalized spacial score (nSPS) is 22.9. The number of nitrogens with zero attached hydrogens (tertiary/aromatic N) is 4. The first-order valence-electron chi connectivity index (χ1n) is 20.6. The Hall–Kier alpha value is -4.13. The molecule has 4 saturated heterocycles. The van der Waals surface area contributed by atoms with E-state index in [1.165, 1.54) is 79.8 Å². The van der Waals surface area contributed by atoms with Crippen LogP contribution in [0.1, 0.15) is 54.1 Å². The first-order valence-corrected chi connectivity index (χ1v) is 26.4. The third-order valence-electron chi connectivity index (χ3n) is 11.9. The fraction of sp³-hybridized carbons (Fsp3) is 0.419. The number of sulfonamides is 4. The van der Waals surface area contributed by atoms with Crippen molar-refractivity contribution in [1.82, 2.24) is 17.2 Å². The van der Waals surface area contributed by atoms with Crippen molar-refractivity contribution in [2.45, 2.75) is 77.2 Å². The minimum absolute atomic E-state index is 0.0606. The Morgan fingerprint density at radius 3 is 1.39 bits per heavy atom. The Labute approximate surface area is 375 Å². The number of aliphatic hydroxyl groups excluding tert-OH is 1. The van der Waals surface area contributed by atoms with Gasteiger partial charge in [-0.1, -0.05) is 42.0 Å². The molecule has 4 aromatic carbocycles. The van der Waals surface area contributed by atoms with Crippen LogP contribution in [0, 0.1) is 6.92 Å². The predicted molar refractivity (Wildman–Crippen MR) is 234 cm³/mol. The predicted octanol–water partition coefficient (Wildman–Crippen LogP) is 3.79. The van der Waals surface area contributed by atoms with Crippen molar-refractivity contribution in [2.24, 2.45) is 0 Å². The number of carbonyl (C=O) groups is 1. The van der Waals surface area contributed by atoms with E-state index in [1.807, 2.05) is 6.92 Å². The molecule has 4 aliphatic heterocycles. The maximum atomic E-state index is 13.4. The molecule has 2 atom stereocenters. The molecule has 0 aromatic heterocycles. The minimum Gasteiger partial charge on any atom is -0.497 e. The lowest BCUT2D eigenvalue weighted by atomic mass is 10.0. The topological polar surface area (TPSA) is 215 Å². The Kier molecular flexibility index (Phi) is 13.9. The lowest BCUT2D eigenvalue weighted by Gasteiger charge is -2.43. The van der Waals surface area contributed by atoms with E-state index in [4.69, 9.17) is 14.2 Å². The average Bonchev–Trinajstić information content (AvgIpc) is 3.91. The highest BCUT2D eigenvalue weighted by Gasteiger charge is 2.54. The molecule has 21 heteroatoms. The third kappa shape index (κ3) is 9.30. The number of ketones is 1. The molecule has 0 radical (unpaired) electrons. The summed E-state index contributed by atoms with van der Waals surface area (Å²) >= 11 is 0. The van der Waals surface area contributed by atoms with Gasteiger partial charge in [0.25, 0.3) is 0 Å². The van der Waals surface area contributed by atoms with E-state index in [0.29, 0.717) is 42.6 Å². The van der Waals surface area contributed by atoms with Gasteiger partial charge in [0.1, 0.15) is 17.2 Å². The number of rotatable bonds is 11. The molecular weight excluding hydrogens is 909 g/mol. The van der Waals surface area contributed by atoms with E-state index >= 15 is 0 Å². The molecule has 4 aromatic rings. The molecule has 0 saturated carbocycles. The molecule has 4 aliphatic rings. The van der Waals surface area contributed by atoms with Crippen molar-refractivity contribution in [1.29, 1.82) is 0 Å². The number of carbonyl (C=O) groups excluding carboxylic acids is 1. The van der Waals surface area contributed by atoms with Gasteiger partial charge in [-0.15, -0.1) is 0 Å². The van der Waals surface area contributed by atoms with E-state index < -0.39 is 51.5 Å². The van der Waals surface area contributed by atoms with Gasteiger partial charge in [0.15, 0.2) is 5.78 Å². The van der Waals surface area contributed by atoms with Crippen molar-refractivity contribution < 1.29 is 57.8 Å². The molecule has 17 nitrogen and oxygen atoms in total. The molecule has 2 unspecified atom stereocenters. The molecule has 1 N–H and O–H groups in total. The van der Waals surface area contributed by atoms with Crippen LogP contribution in [0.25, 0.3) is 0 Å². The number of benzene rings is 4. The average molecular weight is 961 g/mol. The van der Waals surface area contributed by atoms with Crippen molar-refractivity contribution in [2.75, 3.05) is 59.6 Å². The largest absolute Gasteiger partial charge is 0.497 e. The molecule has 8 rings (SSSR count). The number of aryl methyl sites for hydroxylation is 1. The maximum Gasteiger partial charge on any atom is 0.245 e. The van der Waals surface area contributed by atoms with Crippen LogP contribution in [-0.2, 0) is 56.2 Å². The van der Waals surface area contributed by atoms with Crippen LogP contribution in [0.2, 0.25) is 0 Å². The van der Waals surface area contributed by atoms with E-state index in [1.54, 1.807) is 48.5 Å². The van der Waals surface area contributed by atoms with Gasteiger partial charge in [-0.3, -0.25) is 4.79 Å². The Balaban J connectivity index is 0.000000191. The standard InChI is InChI=1S/C22H26N2O6S2.C21H26N2O7S2/c1-17-4-8-21(9-5-17)32(28,29)24-14-15-30-22(24)12-3-13-23(16-22)31(26,27)20-10-6-19(7-11-20)18(2)25;1-29-18-5-9-20(10-6-18)32(27,28)23-13-14-30-21(23)11-2-12-22(16-21)31(25,26)19-7-3-17(15-24)4-8-19/h4-11H,3,12-16H2,1-2H3;3-10,24H,2,11-16H2,1H3. The summed E-state index contributed by atoms with van der Waals surface area (Å²) in [7, 11) is -14.0. The zero-order valence-corrected chi connectivity index (χ0v) is 39.0. The molecule has 0 aliphatic carbocycles. The summed E-state index contributed by atoms with van der Waals surface area (Å²) in [6.07, 6.45) is 1.73. The summed E-state index contributed by atoms with van der Waals surface area (Å²) < 4.78 is 129. The number of Topliss-reactive ketones (excluding diaryl/α,β-unsaturated/α-hetero) is 1. The lowest BCUT2D eigenvalue weighted by molar-refractivity contribution is -0.0820. The summed E-state index contributed by atoms with van der Waals surface area (Å²) in [5, 5.41) is 9.20. The number of hydrogen-bond donors (Lipinski definition) is 1. The fourth-order valence-corrected chi connectivity index (χ4v) is 14.9. The van der Waals surface area contributed by atoms with Gasteiger partial charge in [0.05, 0.1) is 59.6 Å². The zero-order valence-electron chi connectivity index (χ0n) is 35.7. The van der Waals surface area contributed by atoms with Crippen LogP contribution in [0.15, 0.2) is 117 Å². The maximum absolute atomic E-state index is 13.4. The fourth-order valence-electron chi connectivity index (χ4n) is 8.49. The Morgan fingerprint density at radius 2 is 0.984 bits per heavy atom. The SMILES string of the molecule is CC(=O)c1ccc(S(=O)(=O)N2CCCC3(C2)OCCN3S(=O)(=O)c2ccc(C)cc2)cc1.COc1ccc(S(=O)(=O)N2CCOC23CCCN(S(=O)(=O)c2ccc(CO)cc2)C3)cc1. The van der Waals surface area contributed by atoms with E-state index in [2.05, 4.69) is 0 Å². The van der Waals surface area contributed by atoms with Crippen molar-refractivity contribution in [3.63, 3.8) is 0 Å². The van der Waals surface area contributed by atoms with Crippen molar-refractivity contribution in [3.05, 3.63) is 114 Å². The molecule has 4 heterocycles. The number of methoxy groups -OCH3 is 1. The highest BCUT2D eigenvalue weighted by molar-refractivity contribution is 7.90. The van der Waals surface area contributed by atoms with E-state index in [9.17, 15) is 43.6 Å².